The van der Waals surface area contributed by atoms with Crippen LogP contribution in [0.1, 0.15) is 237 Å². The minimum absolute atomic E-state index is 0.171. The zero-order valence-corrected chi connectivity index (χ0v) is 52.8. The summed E-state index contributed by atoms with van der Waals surface area (Å²) in [4.78, 5) is 0. The van der Waals surface area contributed by atoms with Gasteiger partial charge in [0.15, 0.2) is 0 Å². The molecule has 0 aliphatic heterocycles. The van der Waals surface area contributed by atoms with Crippen LogP contribution in [0.25, 0.3) is 0 Å². The highest BCUT2D eigenvalue weighted by Crippen LogP contribution is 2.28. The minimum Gasteiger partial charge on any atom is -0.376 e. The number of hydrogen-bond donors (Lipinski definition) is 0. The maximum Gasteiger partial charge on any atom is 0.591 e. The van der Waals surface area contributed by atoms with Gasteiger partial charge >= 0.3 is 18.3 Å². The van der Waals surface area contributed by atoms with Gasteiger partial charge in [0.2, 0.25) is 0 Å². The van der Waals surface area contributed by atoms with Crippen molar-refractivity contribution in [2.75, 3.05) is 39.6 Å². The minimum atomic E-state index is -2.74. The van der Waals surface area contributed by atoms with Crippen molar-refractivity contribution < 1.29 is 26.6 Å². The Morgan fingerprint density at radius 2 is 0.671 bits per heavy atom. The number of rotatable bonds is 22. The van der Waals surface area contributed by atoms with Crippen molar-refractivity contribution in [1.82, 2.24) is 0 Å². The monoisotopic (exact) mass is 1040 g/mol. The van der Waals surface area contributed by atoms with Crippen LogP contribution in [0, 0.1) is 71.3 Å². The number of hydrogen-bond acceptors (Lipinski definition) is 6. The summed E-state index contributed by atoms with van der Waals surface area (Å²) in [6.45, 7) is 29.5. The van der Waals surface area contributed by atoms with E-state index in [2.05, 4.69) is 76.3 Å². The van der Waals surface area contributed by atoms with Gasteiger partial charge in [0.05, 0.1) is 0 Å². The first-order chi connectivity index (χ1) is 34.1. The summed E-state index contributed by atoms with van der Waals surface area (Å²) in [5.74, 6) is 15.7. The van der Waals surface area contributed by atoms with Crippen LogP contribution >= 0.6 is 0 Å². The van der Waals surface area contributed by atoms with Gasteiger partial charge < -0.3 is 26.6 Å². The molecule has 4 fully saturated rings. The third-order valence-electron chi connectivity index (χ3n) is 14.8. The predicted molar refractivity (Wildman–Crippen MR) is 316 cm³/mol. The normalized spacial score (nSPS) is 16.7. The summed E-state index contributed by atoms with van der Waals surface area (Å²) in [7, 11) is -5.81. The standard InChI is InChI=1S/C15H28O3Si.C15H28Si.2C9H14.C6H16O3Si.C6H16Si/c1-4-16-19(17-5-2,18-6-3)14-10-13-15-11-8-7-9-12-15;1-4-16(5-2,6-3)14-10-13-15-11-8-7-9-12-15;2*1-2-6-9-7-4-3-5-8-9;1-4-7-10(8-5-2)9-6-3;1-4-7(5-2)6-3/h15H,4-9,11-13H2,1-3H3;15H,4-9,11-13H2,1-3H3;2*1,9H,3-8H2;10H,4-6H2,1-3H3;7H,4-6H2,1-3H3. The lowest BCUT2D eigenvalue weighted by Gasteiger charge is -2.23. The van der Waals surface area contributed by atoms with Gasteiger partial charge in [0.25, 0.3) is 0 Å². The van der Waals surface area contributed by atoms with Gasteiger partial charge in [0.1, 0.15) is 8.07 Å². The fourth-order valence-corrected chi connectivity index (χ4v) is 17.1. The second-order valence-electron chi connectivity index (χ2n) is 19.8. The van der Waals surface area contributed by atoms with E-state index in [1.165, 1.54) is 171 Å². The van der Waals surface area contributed by atoms with E-state index in [4.69, 9.17) is 39.4 Å². The van der Waals surface area contributed by atoms with E-state index in [-0.39, 0.29) is 8.80 Å². The molecule has 4 rings (SSSR count). The van der Waals surface area contributed by atoms with E-state index >= 15 is 0 Å². The highest BCUT2D eigenvalue weighted by molar-refractivity contribution is 6.87. The topological polar surface area (TPSA) is 55.4 Å². The summed E-state index contributed by atoms with van der Waals surface area (Å²) in [5.41, 5.74) is 6.92. The second kappa shape index (κ2) is 51.4. The Balaban J connectivity index is 0. The fraction of sp³-hybridized carbons (Fsp3) is 0.867. The van der Waals surface area contributed by atoms with Crippen molar-refractivity contribution in [1.29, 1.82) is 0 Å². The fourth-order valence-electron chi connectivity index (χ4n) is 9.82. The third-order valence-corrected chi connectivity index (χ3v) is 27.3. The average molecular weight is 1050 g/mol. The Hall–Kier alpha value is -1.13. The van der Waals surface area contributed by atoms with Crippen molar-refractivity contribution in [3.63, 3.8) is 0 Å². The summed E-state index contributed by atoms with van der Waals surface area (Å²) < 4.78 is 32.8. The van der Waals surface area contributed by atoms with Gasteiger partial charge in [-0.05, 0) is 140 Å². The Bertz CT molecular complexity index is 1250. The molecule has 0 unspecified atom stereocenters. The third kappa shape index (κ3) is 38.4. The molecule has 0 amide bonds. The first kappa shape index (κ1) is 70.9. The summed E-state index contributed by atoms with van der Waals surface area (Å²) in [6, 6.07) is 8.51. The van der Waals surface area contributed by atoms with E-state index in [1.54, 1.807) is 0 Å². The van der Waals surface area contributed by atoms with Gasteiger partial charge in [-0.25, -0.2) is 0 Å². The molecule has 0 N–H and O–H groups in total. The molecule has 0 aromatic carbocycles. The molecule has 0 spiro atoms. The molecule has 408 valence electrons. The molecule has 0 heterocycles. The highest BCUT2D eigenvalue weighted by atomic mass is 28.4. The zero-order chi connectivity index (χ0) is 52.4. The molecule has 0 aromatic rings. The maximum atomic E-state index is 5.72. The van der Waals surface area contributed by atoms with E-state index in [1.807, 2.05) is 41.5 Å². The smallest absolute Gasteiger partial charge is 0.376 e. The molecule has 4 saturated carbocycles. The Kier molecular flexibility index (Phi) is 52.0. The van der Waals surface area contributed by atoms with Crippen molar-refractivity contribution in [2.45, 2.75) is 273 Å². The van der Waals surface area contributed by atoms with Crippen LogP contribution < -0.4 is 0 Å². The van der Waals surface area contributed by atoms with Gasteiger partial charge in [-0.1, -0.05) is 137 Å². The van der Waals surface area contributed by atoms with Crippen molar-refractivity contribution in [3.8, 4) is 47.6 Å². The lowest BCUT2D eigenvalue weighted by atomic mass is 9.87. The summed E-state index contributed by atoms with van der Waals surface area (Å²) in [5, 5.41) is 0. The van der Waals surface area contributed by atoms with E-state index in [0.29, 0.717) is 39.6 Å². The zero-order valence-electron chi connectivity index (χ0n) is 48.5. The average Bonchev–Trinajstić information content (AvgIpc) is 3.39. The Morgan fingerprint density at radius 3 is 0.900 bits per heavy atom. The molecule has 0 bridgehead atoms. The van der Waals surface area contributed by atoms with Crippen LogP contribution in [0.5, 0.6) is 0 Å². The Labute approximate surface area is 443 Å². The van der Waals surface area contributed by atoms with Gasteiger partial charge in [-0.15, -0.1) is 42.1 Å². The van der Waals surface area contributed by atoms with Crippen LogP contribution in [-0.4, -0.2) is 74.8 Å². The van der Waals surface area contributed by atoms with Gasteiger partial charge in [0, 0.05) is 74.1 Å². The summed E-state index contributed by atoms with van der Waals surface area (Å²) >= 11 is 0. The lowest BCUT2D eigenvalue weighted by molar-refractivity contribution is 0.0870. The van der Waals surface area contributed by atoms with E-state index in [0.717, 1.165) is 42.9 Å². The molecule has 70 heavy (non-hydrogen) atoms. The Morgan fingerprint density at radius 1 is 0.386 bits per heavy atom. The second-order valence-corrected chi connectivity index (χ2v) is 32.7. The molecule has 0 radical (unpaired) electrons. The van der Waals surface area contributed by atoms with Gasteiger partial charge in [-0.2, -0.15) is 0 Å². The lowest BCUT2D eigenvalue weighted by Crippen LogP contribution is -2.45. The summed E-state index contributed by atoms with van der Waals surface area (Å²) in [6.07, 6.45) is 42.6. The molecule has 0 aromatic heterocycles. The molecular weight excluding hydrogens is 929 g/mol. The first-order valence-corrected chi connectivity index (χ1v) is 37.9. The molecule has 4 aliphatic rings. The van der Waals surface area contributed by atoms with Crippen molar-refractivity contribution in [2.24, 2.45) is 23.7 Å². The quantitative estimate of drug-likeness (QED) is 0.0796. The predicted octanol–water partition coefficient (Wildman–Crippen LogP) is 16.8. The molecule has 0 saturated heterocycles. The molecule has 10 heteroatoms. The van der Waals surface area contributed by atoms with Crippen LogP contribution in [0.4, 0.5) is 0 Å². The maximum absolute atomic E-state index is 5.72. The molecule has 6 nitrogen and oxygen atoms in total. The molecule has 4 aliphatic carbocycles. The van der Waals surface area contributed by atoms with E-state index in [9.17, 15) is 0 Å². The van der Waals surface area contributed by atoms with Crippen LogP contribution in [-0.2, 0) is 26.6 Å². The van der Waals surface area contributed by atoms with Crippen LogP contribution in [0.15, 0.2) is 0 Å². The SMILES string of the molecule is C#CCC1CCCCC1.C#CCC1CCCCC1.CCO[SiH](OCC)OCC.CCO[Si](C#CCC1CCCCC1)(OCC)OCC.CC[SiH](CC)CC.CC[Si](C#CCC1CCCCC1)(CC)CC. The highest BCUT2D eigenvalue weighted by Gasteiger charge is 2.39. The molecular formula is C60H116O6Si4. The van der Waals surface area contributed by atoms with E-state index < -0.39 is 26.4 Å². The van der Waals surface area contributed by atoms with Crippen LogP contribution in [0.2, 0.25) is 36.3 Å². The largest absolute Gasteiger partial charge is 0.591 e. The van der Waals surface area contributed by atoms with Crippen molar-refractivity contribution >= 4 is 35.2 Å². The molecule has 0 atom stereocenters. The van der Waals surface area contributed by atoms with Crippen LogP contribution in [0.3, 0.4) is 0 Å². The first-order valence-electron chi connectivity index (χ1n) is 29.7. The van der Waals surface area contributed by atoms with Crippen molar-refractivity contribution in [3.05, 3.63) is 0 Å². The number of terminal acetylenes is 2. The van der Waals surface area contributed by atoms with Gasteiger partial charge in [-0.3, -0.25) is 0 Å².